The van der Waals surface area contributed by atoms with E-state index in [4.69, 9.17) is 0 Å². The Morgan fingerprint density at radius 2 is 1.92 bits per heavy atom. The molecule has 3 N–H and O–H groups in total. The molecule has 2 aromatic carbocycles. The largest absolute Gasteiger partial charge is 0.348 e. The van der Waals surface area contributed by atoms with Crippen molar-refractivity contribution in [1.29, 1.82) is 0 Å². The molecule has 2 amide bonds. The van der Waals surface area contributed by atoms with E-state index in [-0.39, 0.29) is 42.3 Å². The van der Waals surface area contributed by atoms with Crippen molar-refractivity contribution in [1.82, 2.24) is 20.2 Å². The van der Waals surface area contributed by atoms with Crippen LogP contribution in [0.25, 0.3) is 11.4 Å². The van der Waals surface area contributed by atoms with Gasteiger partial charge in [0.2, 0.25) is 11.8 Å². The van der Waals surface area contributed by atoms with Crippen LogP contribution in [0.5, 0.6) is 0 Å². The number of nitrogens with one attached hydrogen (secondary N) is 3. The van der Waals surface area contributed by atoms with E-state index in [1.165, 1.54) is 16.8 Å². The molecule has 202 valence electrons. The van der Waals surface area contributed by atoms with Crippen molar-refractivity contribution in [2.24, 2.45) is 0 Å². The Labute approximate surface area is 227 Å². The zero-order valence-corrected chi connectivity index (χ0v) is 22.2. The van der Waals surface area contributed by atoms with E-state index in [2.05, 4.69) is 27.5 Å². The van der Waals surface area contributed by atoms with Gasteiger partial charge in [-0.1, -0.05) is 55.1 Å². The summed E-state index contributed by atoms with van der Waals surface area (Å²) in [6, 6.07) is 14.2. The van der Waals surface area contributed by atoms with Crippen LogP contribution < -0.4 is 21.5 Å². The predicted octanol–water partition coefficient (Wildman–Crippen LogP) is 2.95. The van der Waals surface area contributed by atoms with Crippen molar-refractivity contribution in [2.45, 2.75) is 51.2 Å². The summed E-state index contributed by atoms with van der Waals surface area (Å²) in [5, 5.41) is 8.52. The summed E-state index contributed by atoms with van der Waals surface area (Å²) in [5.74, 6) is -0.464. The number of hydrogen-bond donors (Lipinski definition) is 3. The van der Waals surface area contributed by atoms with Gasteiger partial charge in [-0.25, -0.2) is 4.98 Å². The summed E-state index contributed by atoms with van der Waals surface area (Å²) in [6.07, 6.45) is 5.36. The van der Waals surface area contributed by atoms with Gasteiger partial charge in [-0.3, -0.25) is 23.7 Å². The van der Waals surface area contributed by atoms with Gasteiger partial charge in [-0.2, -0.15) is 0 Å². The number of nitrogens with zero attached hydrogens (tertiary/aromatic N) is 2. The second-order valence-electron chi connectivity index (χ2n) is 9.60. The Kier molecular flexibility index (Phi) is 8.83. The lowest BCUT2D eigenvalue weighted by atomic mass is 9.83. The standard InChI is InChI=1S/C30H33N5O4/c1-4-22(36)16-21-12-8-14-24-23(21)13-9-15-25(24)33-27(37)18-35-28(20-10-6-5-7-11-20)32-17-26(30(35)39)34-29(38)19(2)31-3/h4-8,10-12,14,17,19,25,31H,1,9,13,15-16,18H2,2-3H3,(H,33,37)(H,34,38)/t19-,25?/m0/s1. The Balaban J connectivity index is 1.62. The molecule has 0 spiro atoms. The van der Waals surface area contributed by atoms with Crippen molar-refractivity contribution in [3.63, 3.8) is 0 Å². The molecular weight excluding hydrogens is 494 g/mol. The SMILES string of the molecule is C=CC(=O)Cc1cccc2c1CCCC2NC(=O)Cn1c(-c2ccccc2)ncc(NC(=O)[C@H](C)NC)c1=O. The monoisotopic (exact) mass is 527 g/mol. The topological polar surface area (TPSA) is 122 Å². The minimum atomic E-state index is -0.523. The number of ketones is 1. The van der Waals surface area contributed by atoms with Gasteiger partial charge in [0.15, 0.2) is 5.78 Å². The smallest absolute Gasteiger partial charge is 0.278 e. The molecule has 1 heterocycles. The highest BCUT2D eigenvalue weighted by molar-refractivity contribution is 5.94. The van der Waals surface area contributed by atoms with Crippen LogP contribution in [0.15, 0.2) is 72.2 Å². The number of fused-ring (bicyclic) bond motifs is 1. The maximum Gasteiger partial charge on any atom is 0.278 e. The first-order valence-corrected chi connectivity index (χ1v) is 13.0. The van der Waals surface area contributed by atoms with Gasteiger partial charge in [0.1, 0.15) is 18.1 Å². The molecular formula is C30H33N5O4. The van der Waals surface area contributed by atoms with Crippen LogP contribution in [0.3, 0.4) is 0 Å². The average molecular weight is 528 g/mol. The molecule has 0 saturated carbocycles. The quantitative estimate of drug-likeness (QED) is 0.349. The number of rotatable bonds is 10. The highest BCUT2D eigenvalue weighted by Crippen LogP contribution is 2.32. The van der Waals surface area contributed by atoms with Crippen molar-refractivity contribution in [2.75, 3.05) is 12.4 Å². The molecule has 2 atom stereocenters. The first-order chi connectivity index (χ1) is 18.8. The molecule has 4 rings (SSSR count). The van der Waals surface area contributed by atoms with Gasteiger partial charge in [-0.05, 0) is 56.0 Å². The summed E-state index contributed by atoms with van der Waals surface area (Å²) in [6.45, 7) is 4.97. The van der Waals surface area contributed by atoms with Crippen LogP contribution in [0, 0.1) is 0 Å². The third kappa shape index (κ3) is 6.38. The van der Waals surface area contributed by atoms with Crippen LogP contribution in [0.1, 0.15) is 42.5 Å². The summed E-state index contributed by atoms with van der Waals surface area (Å²) in [7, 11) is 1.65. The molecule has 0 saturated heterocycles. The van der Waals surface area contributed by atoms with Crippen LogP contribution in [0.2, 0.25) is 0 Å². The van der Waals surface area contributed by atoms with Crippen LogP contribution >= 0.6 is 0 Å². The number of carbonyl (C=O) groups excluding carboxylic acids is 3. The fourth-order valence-corrected chi connectivity index (χ4v) is 4.80. The van der Waals surface area contributed by atoms with Crippen molar-refractivity contribution in [3.8, 4) is 11.4 Å². The Morgan fingerprint density at radius 1 is 1.15 bits per heavy atom. The third-order valence-corrected chi connectivity index (χ3v) is 7.00. The van der Waals surface area contributed by atoms with Gasteiger partial charge in [0.05, 0.1) is 18.3 Å². The predicted molar refractivity (Wildman–Crippen MR) is 150 cm³/mol. The number of anilines is 1. The number of allylic oxidation sites excluding steroid dienone is 1. The maximum absolute atomic E-state index is 13.5. The van der Waals surface area contributed by atoms with E-state index < -0.39 is 11.6 Å². The summed E-state index contributed by atoms with van der Waals surface area (Å²) < 4.78 is 1.28. The Bertz CT molecular complexity index is 1450. The van der Waals surface area contributed by atoms with Gasteiger partial charge in [0, 0.05) is 12.0 Å². The van der Waals surface area contributed by atoms with Crippen molar-refractivity contribution >= 4 is 23.3 Å². The van der Waals surface area contributed by atoms with Crippen molar-refractivity contribution in [3.05, 3.63) is 94.4 Å². The summed E-state index contributed by atoms with van der Waals surface area (Å²) in [4.78, 5) is 55.7. The van der Waals surface area contributed by atoms with E-state index >= 15 is 0 Å². The van der Waals surface area contributed by atoms with Gasteiger partial charge >= 0.3 is 0 Å². The zero-order chi connectivity index (χ0) is 27.9. The number of hydrogen-bond acceptors (Lipinski definition) is 6. The second-order valence-corrected chi connectivity index (χ2v) is 9.60. The van der Waals surface area contributed by atoms with Crippen LogP contribution in [-0.2, 0) is 33.8 Å². The number of benzene rings is 2. The number of aromatic nitrogens is 2. The van der Waals surface area contributed by atoms with E-state index in [0.717, 1.165) is 36.0 Å². The molecule has 3 aromatic rings. The molecule has 1 aliphatic rings. The lowest BCUT2D eigenvalue weighted by Gasteiger charge is -2.28. The third-order valence-electron chi connectivity index (χ3n) is 7.00. The Hall–Kier alpha value is -4.37. The van der Waals surface area contributed by atoms with E-state index in [1.807, 2.05) is 36.4 Å². The second kappa shape index (κ2) is 12.4. The average Bonchev–Trinajstić information content (AvgIpc) is 2.95. The number of amides is 2. The molecule has 9 nitrogen and oxygen atoms in total. The first-order valence-electron chi connectivity index (χ1n) is 13.0. The molecule has 1 aromatic heterocycles. The number of carbonyl (C=O) groups is 3. The molecule has 0 radical (unpaired) electrons. The highest BCUT2D eigenvalue weighted by Gasteiger charge is 2.25. The van der Waals surface area contributed by atoms with E-state index in [9.17, 15) is 19.2 Å². The Morgan fingerprint density at radius 3 is 2.64 bits per heavy atom. The summed E-state index contributed by atoms with van der Waals surface area (Å²) >= 11 is 0. The molecule has 0 fully saturated rings. The summed E-state index contributed by atoms with van der Waals surface area (Å²) in [5.41, 5.74) is 3.15. The molecule has 0 aliphatic heterocycles. The molecule has 1 aliphatic carbocycles. The lowest BCUT2D eigenvalue weighted by Crippen LogP contribution is -2.40. The van der Waals surface area contributed by atoms with E-state index in [0.29, 0.717) is 11.4 Å². The van der Waals surface area contributed by atoms with Gasteiger partial charge < -0.3 is 16.0 Å². The van der Waals surface area contributed by atoms with E-state index in [1.54, 1.807) is 26.1 Å². The number of likely N-dealkylation sites (N-methyl/N-ethyl adjacent to an activating group) is 1. The fraction of sp³-hybridized carbons (Fsp3) is 0.300. The van der Waals surface area contributed by atoms with Gasteiger partial charge in [-0.15, -0.1) is 0 Å². The molecule has 1 unspecified atom stereocenters. The highest BCUT2D eigenvalue weighted by atomic mass is 16.2. The minimum Gasteiger partial charge on any atom is -0.348 e. The minimum absolute atomic E-state index is 0.00544. The molecule has 39 heavy (non-hydrogen) atoms. The maximum atomic E-state index is 13.5. The van der Waals surface area contributed by atoms with Crippen molar-refractivity contribution < 1.29 is 14.4 Å². The molecule has 0 bridgehead atoms. The first kappa shape index (κ1) is 27.7. The zero-order valence-electron chi connectivity index (χ0n) is 22.2. The van der Waals surface area contributed by atoms with Crippen LogP contribution in [0.4, 0.5) is 5.69 Å². The van der Waals surface area contributed by atoms with Crippen LogP contribution in [-0.4, -0.2) is 40.2 Å². The molecule has 9 heteroatoms. The fourth-order valence-electron chi connectivity index (χ4n) is 4.80. The lowest BCUT2D eigenvalue weighted by molar-refractivity contribution is -0.122. The van der Waals surface area contributed by atoms with Gasteiger partial charge in [0.25, 0.3) is 5.56 Å². The normalized spacial score (nSPS) is 15.1.